The molecule has 0 saturated heterocycles. The lowest BCUT2D eigenvalue weighted by molar-refractivity contribution is 0.383. The molecule has 0 aliphatic rings. The van der Waals surface area contributed by atoms with E-state index in [4.69, 9.17) is 8.83 Å². The molecule has 0 aromatic carbocycles. The second-order valence-corrected chi connectivity index (χ2v) is 5.82. The molecule has 0 fully saturated rings. The van der Waals surface area contributed by atoms with Gasteiger partial charge in [-0.1, -0.05) is 0 Å². The SMILES string of the molecule is Cc1oc(C)c(-c2nnc(CNC(C)(C)C)o2)c1C. The minimum atomic E-state index is 0.0205. The fourth-order valence-electron chi connectivity index (χ4n) is 1.88. The summed E-state index contributed by atoms with van der Waals surface area (Å²) in [6.45, 7) is 12.7. The molecule has 0 unspecified atom stereocenters. The molecule has 1 N–H and O–H groups in total. The summed E-state index contributed by atoms with van der Waals surface area (Å²) in [5.74, 6) is 2.81. The maximum atomic E-state index is 5.70. The molecule has 5 nitrogen and oxygen atoms in total. The van der Waals surface area contributed by atoms with Gasteiger partial charge in [0.1, 0.15) is 11.5 Å². The van der Waals surface area contributed by atoms with Gasteiger partial charge in [-0.25, -0.2) is 0 Å². The van der Waals surface area contributed by atoms with Gasteiger partial charge < -0.3 is 14.2 Å². The number of hydrogen-bond acceptors (Lipinski definition) is 5. The Balaban J connectivity index is 2.21. The molecular formula is C14H21N3O2. The lowest BCUT2D eigenvalue weighted by Gasteiger charge is -2.18. The van der Waals surface area contributed by atoms with Gasteiger partial charge in [-0.15, -0.1) is 10.2 Å². The van der Waals surface area contributed by atoms with Gasteiger partial charge in [0.15, 0.2) is 0 Å². The third-order valence-electron chi connectivity index (χ3n) is 3.01. The van der Waals surface area contributed by atoms with E-state index in [-0.39, 0.29) is 5.54 Å². The highest BCUT2D eigenvalue weighted by Gasteiger charge is 2.19. The molecule has 0 spiro atoms. The maximum absolute atomic E-state index is 5.70. The Morgan fingerprint density at radius 3 is 2.21 bits per heavy atom. The van der Waals surface area contributed by atoms with Gasteiger partial charge in [-0.05, 0) is 41.5 Å². The van der Waals surface area contributed by atoms with Gasteiger partial charge in [-0.3, -0.25) is 0 Å². The van der Waals surface area contributed by atoms with Crippen molar-refractivity contribution in [2.45, 2.75) is 53.6 Å². The normalized spacial score (nSPS) is 12.1. The van der Waals surface area contributed by atoms with Crippen molar-refractivity contribution in [3.8, 4) is 11.5 Å². The van der Waals surface area contributed by atoms with Crippen LogP contribution in [0, 0.1) is 20.8 Å². The lowest BCUT2D eigenvalue weighted by atomic mass is 10.1. The second-order valence-electron chi connectivity index (χ2n) is 5.82. The number of aryl methyl sites for hydroxylation is 2. The third-order valence-corrected chi connectivity index (χ3v) is 3.01. The first-order valence-electron chi connectivity index (χ1n) is 6.42. The molecule has 5 heteroatoms. The lowest BCUT2D eigenvalue weighted by Crippen LogP contribution is -2.35. The van der Waals surface area contributed by atoms with Gasteiger partial charge in [0.25, 0.3) is 5.89 Å². The molecule has 0 atom stereocenters. The van der Waals surface area contributed by atoms with E-state index in [9.17, 15) is 0 Å². The molecule has 0 aliphatic heterocycles. The van der Waals surface area contributed by atoms with Crippen molar-refractivity contribution in [2.75, 3.05) is 0 Å². The minimum Gasteiger partial charge on any atom is -0.466 e. The summed E-state index contributed by atoms with van der Waals surface area (Å²) in [6, 6.07) is 0. The Hall–Kier alpha value is -1.62. The fourth-order valence-corrected chi connectivity index (χ4v) is 1.88. The standard InChI is InChI=1S/C14H21N3O2/c1-8-9(2)18-10(3)12(8)13-17-16-11(19-13)7-15-14(4,5)6/h15H,7H2,1-6H3. The molecule has 0 radical (unpaired) electrons. The van der Waals surface area contributed by atoms with Gasteiger partial charge in [0.2, 0.25) is 5.89 Å². The van der Waals surface area contributed by atoms with Crippen LogP contribution in [-0.2, 0) is 6.54 Å². The first kappa shape index (κ1) is 13.8. The van der Waals surface area contributed by atoms with E-state index < -0.39 is 0 Å². The molecule has 0 aliphatic carbocycles. The van der Waals surface area contributed by atoms with Crippen molar-refractivity contribution in [1.82, 2.24) is 15.5 Å². The summed E-state index contributed by atoms with van der Waals surface area (Å²) in [5, 5.41) is 11.5. The maximum Gasteiger partial charge on any atom is 0.251 e. The Labute approximate surface area is 113 Å². The summed E-state index contributed by atoms with van der Waals surface area (Å²) in [6.07, 6.45) is 0. The average molecular weight is 263 g/mol. The molecule has 0 bridgehead atoms. The van der Waals surface area contributed by atoms with E-state index in [1.165, 1.54) is 0 Å². The van der Waals surface area contributed by atoms with Gasteiger partial charge >= 0.3 is 0 Å². The van der Waals surface area contributed by atoms with Crippen LogP contribution in [0.5, 0.6) is 0 Å². The second kappa shape index (κ2) is 4.81. The van der Waals surface area contributed by atoms with Crippen LogP contribution < -0.4 is 5.32 Å². The highest BCUT2D eigenvalue weighted by atomic mass is 16.4. The van der Waals surface area contributed by atoms with E-state index in [1.807, 2.05) is 20.8 Å². The van der Waals surface area contributed by atoms with Crippen LogP contribution in [0.15, 0.2) is 8.83 Å². The van der Waals surface area contributed by atoms with Gasteiger partial charge in [0, 0.05) is 11.1 Å². The van der Waals surface area contributed by atoms with Crippen LogP contribution in [0.1, 0.15) is 43.7 Å². The van der Waals surface area contributed by atoms with Crippen LogP contribution in [0.25, 0.3) is 11.5 Å². The number of rotatable bonds is 3. The molecule has 2 rings (SSSR count). The van der Waals surface area contributed by atoms with E-state index >= 15 is 0 Å². The number of nitrogens with zero attached hydrogens (tertiary/aromatic N) is 2. The Morgan fingerprint density at radius 1 is 1.00 bits per heavy atom. The molecular weight excluding hydrogens is 242 g/mol. The van der Waals surface area contributed by atoms with Crippen LogP contribution in [0.4, 0.5) is 0 Å². The van der Waals surface area contributed by atoms with Crippen LogP contribution in [0.3, 0.4) is 0 Å². The van der Waals surface area contributed by atoms with Crippen molar-refractivity contribution in [3.05, 3.63) is 23.0 Å². The van der Waals surface area contributed by atoms with E-state index in [1.54, 1.807) is 0 Å². The average Bonchev–Trinajstić information content (AvgIpc) is 2.82. The summed E-state index contributed by atoms with van der Waals surface area (Å²) in [5.41, 5.74) is 1.98. The molecule has 2 aromatic rings. The number of hydrogen-bond donors (Lipinski definition) is 1. The number of nitrogens with one attached hydrogen (secondary N) is 1. The van der Waals surface area contributed by atoms with Crippen molar-refractivity contribution in [3.63, 3.8) is 0 Å². The first-order chi connectivity index (χ1) is 8.78. The van der Waals surface area contributed by atoms with E-state index in [2.05, 4.69) is 36.3 Å². The van der Waals surface area contributed by atoms with Crippen molar-refractivity contribution < 1.29 is 8.83 Å². The Morgan fingerprint density at radius 2 is 1.68 bits per heavy atom. The van der Waals surface area contributed by atoms with E-state index in [0.717, 1.165) is 22.6 Å². The molecule has 2 aromatic heterocycles. The summed E-state index contributed by atoms with van der Waals surface area (Å²) >= 11 is 0. The minimum absolute atomic E-state index is 0.0205. The smallest absolute Gasteiger partial charge is 0.251 e. The highest BCUT2D eigenvalue weighted by molar-refractivity contribution is 5.61. The first-order valence-corrected chi connectivity index (χ1v) is 6.42. The summed E-state index contributed by atoms with van der Waals surface area (Å²) < 4.78 is 11.3. The summed E-state index contributed by atoms with van der Waals surface area (Å²) in [4.78, 5) is 0. The predicted octanol–water partition coefficient (Wildman–Crippen LogP) is 3.14. The monoisotopic (exact) mass is 263 g/mol. The molecule has 2 heterocycles. The molecule has 19 heavy (non-hydrogen) atoms. The molecule has 104 valence electrons. The zero-order valence-corrected chi connectivity index (χ0v) is 12.4. The van der Waals surface area contributed by atoms with Crippen LogP contribution in [-0.4, -0.2) is 15.7 Å². The van der Waals surface area contributed by atoms with Crippen molar-refractivity contribution >= 4 is 0 Å². The quantitative estimate of drug-likeness (QED) is 0.921. The van der Waals surface area contributed by atoms with Crippen LogP contribution >= 0.6 is 0 Å². The topological polar surface area (TPSA) is 64.1 Å². The predicted molar refractivity (Wildman–Crippen MR) is 72.8 cm³/mol. The fraction of sp³-hybridized carbons (Fsp3) is 0.571. The largest absolute Gasteiger partial charge is 0.466 e. The third kappa shape index (κ3) is 3.04. The molecule has 0 amide bonds. The van der Waals surface area contributed by atoms with Crippen molar-refractivity contribution in [1.29, 1.82) is 0 Å². The Bertz CT molecular complexity index is 576. The number of aromatic nitrogens is 2. The van der Waals surface area contributed by atoms with Gasteiger partial charge in [0.05, 0.1) is 12.1 Å². The number of furan rings is 1. The van der Waals surface area contributed by atoms with E-state index in [0.29, 0.717) is 18.3 Å². The highest BCUT2D eigenvalue weighted by Crippen LogP contribution is 2.30. The van der Waals surface area contributed by atoms with Crippen LogP contribution in [0.2, 0.25) is 0 Å². The van der Waals surface area contributed by atoms with Crippen molar-refractivity contribution in [2.24, 2.45) is 0 Å². The zero-order chi connectivity index (χ0) is 14.2. The zero-order valence-electron chi connectivity index (χ0n) is 12.4. The van der Waals surface area contributed by atoms with Gasteiger partial charge in [-0.2, -0.15) is 0 Å². The Kier molecular flexibility index (Phi) is 3.49. The summed E-state index contributed by atoms with van der Waals surface area (Å²) in [7, 11) is 0. The molecule has 0 saturated carbocycles.